The first-order chi connectivity index (χ1) is 17.0. The van der Waals surface area contributed by atoms with Gasteiger partial charge in [-0.3, -0.25) is 18.9 Å². The molecule has 2 aliphatic heterocycles. The fourth-order valence-electron chi connectivity index (χ4n) is 4.45. The van der Waals surface area contributed by atoms with Crippen LogP contribution in [0.1, 0.15) is 36.0 Å². The number of carbonyl (C=O) groups is 1. The summed E-state index contributed by atoms with van der Waals surface area (Å²) in [4.78, 5) is 36.1. The maximum atomic E-state index is 13.6. The van der Waals surface area contributed by atoms with Gasteiger partial charge in [0.1, 0.15) is 21.5 Å². The van der Waals surface area contributed by atoms with E-state index in [2.05, 4.69) is 4.90 Å². The molecule has 1 aromatic carbocycles. The summed E-state index contributed by atoms with van der Waals surface area (Å²) in [5.41, 5.74) is 2.77. The van der Waals surface area contributed by atoms with E-state index in [0.29, 0.717) is 32.8 Å². The van der Waals surface area contributed by atoms with Crippen molar-refractivity contribution in [3.63, 3.8) is 0 Å². The van der Waals surface area contributed by atoms with E-state index in [1.807, 2.05) is 43.3 Å². The maximum Gasteiger partial charge on any atom is 0.267 e. The minimum Gasteiger partial charge on any atom is -0.497 e. The molecule has 0 atom stereocenters. The number of amides is 1. The molecule has 0 spiro atoms. The van der Waals surface area contributed by atoms with Gasteiger partial charge in [-0.2, -0.15) is 0 Å². The van der Waals surface area contributed by atoms with Crippen molar-refractivity contribution >= 4 is 51.7 Å². The third-order valence-corrected chi connectivity index (χ3v) is 7.75. The molecule has 3 aromatic rings. The highest BCUT2D eigenvalue weighted by Gasteiger charge is 2.33. The lowest BCUT2D eigenvalue weighted by Crippen LogP contribution is -2.33. The monoisotopic (exact) mass is 506 g/mol. The van der Waals surface area contributed by atoms with Crippen molar-refractivity contribution in [1.82, 2.24) is 14.3 Å². The number of benzene rings is 1. The first-order valence-corrected chi connectivity index (χ1v) is 12.8. The van der Waals surface area contributed by atoms with Crippen molar-refractivity contribution in [2.24, 2.45) is 0 Å². The standard InChI is InChI=1S/C26H26N4O3S2/c1-17-7-6-14-29-22(17)27-23(28-12-4-3-5-13-28)20(24(29)31)15-21-25(32)30(26(34)35-21)16-18-8-10-19(33-2)11-9-18/h6-11,14-15H,3-5,12-13,16H2,1-2H3. The minimum absolute atomic E-state index is 0.181. The molecule has 2 aliphatic rings. The summed E-state index contributed by atoms with van der Waals surface area (Å²) in [6.45, 7) is 3.99. The predicted molar refractivity (Wildman–Crippen MR) is 144 cm³/mol. The topological polar surface area (TPSA) is 67.2 Å². The number of thioether (sulfide) groups is 1. The molecular weight excluding hydrogens is 480 g/mol. The second-order valence-corrected chi connectivity index (χ2v) is 10.4. The van der Waals surface area contributed by atoms with E-state index in [1.54, 1.807) is 28.7 Å². The van der Waals surface area contributed by atoms with Crippen molar-refractivity contribution in [3.05, 3.63) is 74.5 Å². The van der Waals surface area contributed by atoms with Crippen molar-refractivity contribution < 1.29 is 9.53 Å². The molecule has 2 aromatic heterocycles. The molecule has 0 radical (unpaired) electrons. The van der Waals surface area contributed by atoms with Gasteiger partial charge in [0.15, 0.2) is 0 Å². The van der Waals surface area contributed by atoms with Crippen LogP contribution < -0.4 is 15.2 Å². The summed E-state index contributed by atoms with van der Waals surface area (Å²) in [6, 6.07) is 11.3. The predicted octanol–water partition coefficient (Wildman–Crippen LogP) is 4.40. The molecule has 5 rings (SSSR count). The largest absolute Gasteiger partial charge is 0.497 e. The number of thiocarbonyl (C=S) groups is 1. The van der Waals surface area contributed by atoms with Crippen LogP contribution in [0.3, 0.4) is 0 Å². The summed E-state index contributed by atoms with van der Waals surface area (Å²) in [6.07, 6.45) is 6.68. The number of fused-ring (bicyclic) bond motifs is 1. The van der Waals surface area contributed by atoms with Crippen LogP contribution in [0.15, 0.2) is 52.3 Å². The van der Waals surface area contributed by atoms with Crippen molar-refractivity contribution in [2.45, 2.75) is 32.7 Å². The number of aryl methyl sites for hydroxylation is 1. The minimum atomic E-state index is -0.200. The Morgan fingerprint density at radius 3 is 2.57 bits per heavy atom. The van der Waals surface area contributed by atoms with Crippen LogP contribution in [-0.4, -0.2) is 44.7 Å². The van der Waals surface area contributed by atoms with E-state index < -0.39 is 0 Å². The second kappa shape index (κ2) is 9.83. The number of rotatable bonds is 5. The first kappa shape index (κ1) is 23.6. The number of aromatic nitrogens is 2. The van der Waals surface area contributed by atoms with Crippen molar-refractivity contribution in [1.29, 1.82) is 0 Å². The molecule has 0 aliphatic carbocycles. The van der Waals surface area contributed by atoms with Gasteiger partial charge in [-0.15, -0.1) is 0 Å². The number of carbonyl (C=O) groups excluding carboxylic acids is 1. The molecule has 7 nitrogen and oxygen atoms in total. The molecule has 1 amide bonds. The Morgan fingerprint density at radius 2 is 1.86 bits per heavy atom. The van der Waals surface area contributed by atoms with Gasteiger partial charge in [0.2, 0.25) is 0 Å². The lowest BCUT2D eigenvalue weighted by molar-refractivity contribution is -0.122. The summed E-state index contributed by atoms with van der Waals surface area (Å²) in [5, 5.41) is 0. The van der Waals surface area contributed by atoms with Gasteiger partial charge in [-0.25, -0.2) is 4.98 Å². The molecule has 4 heterocycles. The van der Waals surface area contributed by atoms with E-state index in [4.69, 9.17) is 21.9 Å². The number of pyridine rings is 1. The molecular formula is C26H26N4O3S2. The maximum absolute atomic E-state index is 13.6. The molecule has 9 heteroatoms. The Hall–Kier alpha value is -3.17. The van der Waals surface area contributed by atoms with Gasteiger partial charge in [-0.05, 0) is 61.6 Å². The lowest BCUT2D eigenvalue weighted by Gasteiger charge is -2.29. The zero-order valence-electron chi connectivity index (χ0n) is 19.7. The van der Waals surface area contributed by atoms with Gasteiger partial charge in [0.25, 0.3) is 11.5 Å². The summed E-state index contributed by atoms with van der Waals surface area (Å²) < 4.78 is 7.25. The summed E-state index contributed by atoms with van der Waals surface area (Å²) in [5.74, 6) is 1.20. The quantitative estimate of drug-likeness (QED) is 0.375. The van der Waals surface area contributed by atoms with Crippen LogP contribution in [0.25, 0.3) is 11.7 Å². The van der Waals surface area contributed by atoms with E-state index in [0.717, 1.165) is 42.8 Å². The number of anilines is 1. The zero-order valence-corrected chi connectivity index (χ0v) is 21.3. The average Bonchev–Trinajstić information content (AvgIpc) is 3.14. The smallest absolute Gasteiger partial charge is 0.267 e. The van der Waals surface area contributed by atoms with E-state index in [9.17, 15) is 9.59 Å². The Labute approximate surface area is 213 Å². The molecule has 0 saturated carbocycles. The van der Waals surface area contributed by atoms with Crippen LogP contribution >= 0.6 is 24.0 Å². The molecule has 0 bridgehead atoms. The average molecular weight is 507 g/mol. The first-order valence-electron chi connectivity index (χ1n) is 11.6. The number of nitrogens with zero attached hydrogens (tertiary/aromatic N) is 4. The summed E-state index contributed by atoms with van der Waals surface area (Å²) in [7, 11) is 1.62. The SMILES string of the molecule is COc1ccc(CN2C(=O)C(=Cc3c(N4CCCCC4)nc4c(C)cccn4c3=O)SC2=S)cc1. The van der Waals surface area contributed by atoms with Crippen LogP contribution in [0.2, 0.25) is 0 Å². The second-order valence-electron chi connectivity index (χ2n) is 8.70. The Balaban J connectivity index is 1.54. The highest BCUT2D eigenvalue weighted by Crippen LogP contribution is 2.35. The van der Waals surface area contributed by atoms with Crippen molar-refractivity contribution in [3.8, 4) is 5.75 Å². The number of hydrogen-bond donors (Lipinski definition) is 0. The Morgan fingerprint density at radius 1 is 1.11 bits per heavy atom. The molecule has 2 fully saturated rings. The highest BCUT2D eigenvalue weighted by molar-refractivity contribution is 8.26. The van der Waals surface area contributed by atoms with Crippen LogP contribution in [0, 0.1) is 6.92 Å². The highest BCUT2D eigenvalue weighted by atomic mass is 32.2. The lowest BCUT2D eigenvalue weighted by atomic mass is 10.1. The Bertz CT molecular complexity index is 1390. The zero-order chi connectivity index (χ0) is 24.5. The number of ether oxygens (including phenoxy) is 1. The fraction of sp³-hybridized carbons (Fsp3) is 0.308. The van der Waals surface area contributed by atoms with Gasteiger partial charge in [0.05, 0.1) is 24.1 Å². The number of hydrogen-bond acceptors (Lipinski definition) is 7. The van der Waals surface area contributed by atoms with Gasteiger partial charge in [0, 0.05) is 19.3 Å². The molecule has 35 heavy (non-hydrogen) atoms. The molecule has 0 N–H and O–H groups in total. The van der Waals surface area contributed by atoms with E-state index in [-0.39, 0.29) is 11.5 Å². The Kier molecular flexibility index (Phi) is 6.62. The van der Waals surface area contributed by atoms with Gasteiger partial charge >= 0.3 is 0 Å². The van der Waals surface area contributed by atoms with E-state index >= 15 is 0 Å². The number of methoxy groups -OCH3 is 1. The van der Waals surface area contributed by atoms with Crippen LogP contribution in [-0.2, 0) is 11.3 Å². The molecule has 2 saturated heterocycles. The molecule has 0 unspecified atom stereocenters. The van der Waals surface area contributed by atoms with Crippen LogP contribution in [0.5, 0.6) is 5.75 Å². The van der Waals surface area contributed by atoms with Gasteiger partial charge in [-0.1, -0.05) is 42.2 Å². The fourth-order valence-corrected chi connectivity index (χ4v) is 5.69. The van der Waals surface area contributed by atoms with E-state index in [1.165, 1.54) is 18.2 Å². The van der Waals surface area contributed by atoms with Crippen LogP contribution in [0.4, 0.5) is 5.82 Å². The third-order valence-electron chi connectivity index (χ3n) is 6.37. The normalized spacial score (nSPS) is 17.6. The molecule has 180 valence electrons. The summed E-state index contributed by atoms with van der Waals surface area (Å²) >= 11 is 6.76. The third kappa shape index (κ3) is 4.58. The number of piperidine rings is 1. The van der Waals surface area contributed by atoms with Crippen molar-refractivity contribution in [2.75, 3.05) is 25.1 Å². The van der Waals surface area contributed by atoms with Gasteiger partial charge < -0.3 is 9.64 Å².